The van der Waals surface area contributed by atoms with Crippen molar-refractivity contribution in [3.63, 3.8) is 0 Å². The van der Waals surface area contributed by atoms with Gasteiger partial charge in [-0.2, -0.15) is 0 Å². The van der Waals surface area contributed by atoms with Crippen LogP contribution in [0, 0.1) is 0 Å². The number of nitrogens with zero attached hydrogens (tertiary/aromatic N) is 2. The fourth-order valence-corrected chi connectivity index (χ4v) is 2.84. The van der Waals surface area contributed by atoms with Gasteiger partial charge in [-0.15, -0.1) is 0 Å². The number of benzene rings is 1. The quantitative estimate of drug-likeness (QED) is 0.583. The number of pyridine rings is 1. The Morgan fingerprint density at radius 3 is 2.63 bits per heavy atom. The lowest BCUT2D eigenvalue weighted by Crippen LogP contribution is -2.24. The molecule has 1 aromatic heterocycles. The van der Waals surface area contributed by atoms with Gasteiger partial charge in [-0.05, 0) is 45.6 Å². The van der Waals surface area contributed by atoms with E-state index in [0.717, 1.165) is 44.6 Å². The third-order valence-corrected chi connectivity index (χ3v) is 4.40. The predicted molar refractivity (Wildman–Crippen MR) is 112 cm³/mol. The zero-order valence-electron chi connectivity index (χ0n) is 16.9. The van der Waals surface area contributed by atoms with Gasteiger partial charge in [0.15, 0.2) is 5.75 Å². The van der Waals surface area contributed by atoms with Gasteiger partial charge in [0.25, 0.3) is 0 Å². The van der Waals surface area contributed by atoms with Crippen molar-refractivity contribution in [2.75, 3.05) is 33.8 Å². The molecular formula is C22H33N3O2. The van der Waals surface area contributed by atoms with E-state index in [1.54, 1.807) is 6.07 Å². The third kappa shape index (κ3) is 7.57. The maximum atomic E-state index is 12.4. The van der Waals surface area contributed by atoms with Gasteiger partial charge in [-0.1, -0.05) is 43.7 Å². The normalized spacial score (nSPS) is 11.1. The van der Waals surface area contributed by atoms with E-state index in [4.69, 9.17) is 4.74 Å². The number of ether oxygens (including phenoxy) is 1. The van der Waals surface area contributed by atoms with Crippen LogP contribution in [0.1, 0.15) is 37.4 Å². The Hall–Kier alpha value is -2.11. The zero-order chi connectivity index (χ0) is 19.5. The molecule has 2 aromatic rings. The number of hydrogen-bond acceptors (Lipinski definition) is 4. The highest BCUT2D eigenvalue weighted by molar-refractivity contribution is 5.24. The van der Waals surface area contributed by atoms with E-state index in [1.807, 2.05) is 24.4 Å². The summed E-state index contributed by atoms with van der Waals surface area (Å²) in [6, 6.07) is 12.0. The molecule has 2 rings (SSSR count). The fraction of sp³-hybridized carbons (Fsp3) is 0.500. The van der Waals surface area contributed by atoms with Gasteiger partial charge < -0.3 is 19.5 Å². The summed E-state index contributed by atoms with van der Waals surface area (Å²) in [6.07, 6.45) is 4.94. The van der Waals surface area contributed by atoms with Gasteiger partial charge in [-0.3, -0.25) is 4.79 Å². The number of hydrogen-bond donors (Lipinski definition) is 1. The number of unbranched alkanes of at least 4 members (excludes halogenated alkanes) is 1. The third-order valence-electron chi connectivity index (χ3n) is 4.40. The van der Waals surface area contributed by atoms with Crippen molar-refractivity contribution < 1.29 is 4.74 Å². The molecule has 0 fully saturated rings. The summed E-state index contributed by atoms with van der Waals surface area (Å²) in [7, 11) is 4.16. The Bertz CT molecular complexity index is 726. The second-order valence-corrected chi connectivity index (χ2v) is 7.14. The van der Waals surface area contributed by atoms with Crippen molar-refractivity contribution in [3.05, 3.63) is 64.1 Å². The highest BCUT2D eigenvalue weighted by Gasteiger charge is 2.09. The maximum absolute atomic E-state index is 12.4. The fourth-order valence-electron chi connectivity index (χ4n) is 2.84. The SMILES string of the molecule is CCCCOc1cn(Cc2ccccc2)c(CNCCCN(C)C)cc1=O. The molecule has 0 aliphatic rings. The van der Waals surface area contributed by atoms with E-state index in [2.05, 4.69) is 47.9 Å². The van der Waals surface area contributed by atoms with Gasteiger partial charge in [0.2, 0.25) is 5.43 Å². The van der Waals surface area contributed by atoms with Crippen LogP contribution in [0.4, 0.5) is 0 Å². The van der Waals surface area contributed by atoms with Crippen LogP contribution in [0.2, 0.25) is 0 Å². The van der Waals surface area contributed by atoms with Crippen molar-refractivity contribution in [1.29, 1.82) is 0 Å². The Morgan fingerprint density at radius 1 is 1.15 bits per heavy atom. The summed E-state index contributed by atoms with van der Waals surface area (Å²) >= 11 is 0. The van der Waals surface area contributed by atoms with Gasteiger partial charge in [0.1, 0.15) is 0 Å². The standard InChI is InChI=1S/C22H33N3O2/c1-4-5-14-27-22-18-25(17-19-10-7-6-8-11-19)20(15-21(22)26)16-23-12-9-13-24(2)3/h6-8,10-11,15,18,23H,4-5,9,12-14,16-17H2,1-3H3. The first-order valence-electron chi connectivity index (χ1n) is 9.85. The van der Waals surface area contributed by atoms with Gasteiger partial charge in [-0.25, -0.2) is 0 Å². The predicted octanol–water partition coefficient (Wildman–Crippen LogP) is 3.12. The van der Waals surface area contributed by atoms with Crippen LogP contribution in [0.3, 0.4) is 0 Å². The second kappa shape index (κ2) is 11.6. The van der Waals surface area contributed by atoms with Crippen LogP contribution in [-0.4, -0.2) is 43.3 Å². The van der Waals surface area contributed by atoms with Crippen molar-refractivity contribution in [2.24, 2.45) is 0 Å². The van der Waals surface area contributed by atoms with Crippen molar-refractivity contribution in [2.45, 2.75) is 39.3 Å². The van der Waals surface area contributed by atoms with E-state index in [-0.39, 0.29) is 5.43 Å². The smallest absolute Gasteiger partial charge is 0.223 e. The molecule has 0 aliphatic heterocycles. The summed E-state index contributed by atoms with van der Waals surface area (Å²) < 4.78 is 7.84. The Labute approximate surface area is 163 Å². The van der Waals surface area contributed by atoms with E-state index in [9.17, 15) is 4.79 Å². The summed E-state index contributed by atoms with van der Waals surface area (Å²) in [5, 5.41) is 3.46. The topological polar surface area (TPSA) is 46.5 Å². The molecular weight excluding hydrogens is 338 g/mol. The lowest BCUT2D eigenvalue weighted by Gasteiger charge is -2.17. The van der Waals surface area contributed by atoms with Crippen LogP contribution >= 0.6 is 0 Å². The minimum atomic E-state index is -0.0412. The first-order valence-corrected chi connectivity index (χ1v) is 9.85. The minimum Gasteiger partial charge on any atom is -0.488 e. The molecule has 0 atom stereocenters. The van der Waals surface area contributed by atoms with Gasteiger partial charge in [0, 0.05) is 24.8 Å². The molecule has 1 N–H and O–H groups in total. The lowest BCUT2D eigenvalue weighted by molar-refractivity contribution is 0.303. The molecule has 0 saturated carbocycles. The first-order chi connectivity index (χ1) is 13.1. The molecule has 148 valence electrons. The highest BCUT2D eigenvalue weighted by Crippen LogP contribution is 2.11. The largest absolute Gasteiger partial charge is 0.488 e. The minimum absolute atomic E-state index is 0.0412. The molecule has 0 radical (unpaired) electrons. The number of nitrogens with one attached hydrogen (secondary N) is 1. The molecule has 1 heterocycles. The molecule has 0 amide bonds. The second-order valence-electron chi connectivity index (χ2n) is 7.14. The van der Waals surface area contributed by atoms with E-state index < -0.39 is 0 Å². The van der Waals surface area contributed by atoms with Crippen molar-refractivity contribution >= 4 is 0 Å². The molecule has 1 aromatic carbocycles. The van der Waals surface area contributed by atoms with Crippen molar-refractivity contribution in [3.8, 4) is 5.75 Å². The molecule has 0 unspecified atom stereocenters. The van der Waals surface area contributed by atoms with Gasteiger partial charge >= 0.3 is 0 Å². The van der Waals surface area contributed by atoms with Crippen LogP contribution in [0.5, 0.6) is 5.75 Å². The lowest BCUT2D eigenvalue weighted by atomic mass is 10.2. The Kier molecular flexibility index (Phi) is 9.08. The Morgan fingerprint density at radius 2 is 1.93 bits per heavy atom. The number of rotatable bonds is 12. The average Bonchev–Trinajstić information content (AvgIpc) is 2.65. The Balaban J connectivity index is 2.11. The van der Waals surface area contributed by atoms with Crippen LogP contribution < -0.4 is 15.5 Å². The maximum Gasteiger partial charge on any atom is 0.223 e. The van der Waals surface area contributed by atoms with Crippen molar-refractivity contribution in [1.82, 2.24) is 14.8 Å². The molecule has 0 aliphatic carbocycles. The average molecular weight is 372 g/mol. The summed E-state index contributed by atoms with van der Waals surface area (Å²) in [5.74, 6) is 0.440. The molecule has 27 heavy (non-hydrogen) atoms. The first kappa shape index (κ1) is 21.2. The zero-order valence-corrected chi connectivity index (χ0v) is 16.9. The summed E-state index contributed by atoms with van der Waals surface area (Å²) in [5.41, 5.74) is 2.14. The number of aromatic nitrogens is 1. The summed E-state index contributed by atoms with van der Waals surface area (Å²) in [4.78, 5) is 14.6. The van der Waals surface area contributed by atoms with Crippen LogP contribution in [-0.2, 0) is 13.1 Å². The molecule has 5 heteroatoms. The van der Waals surface area contributed by atoms with Crippen LogP contribution in [0.15, 0.2) is 47.4 Å². The van der Waals surface area contributed by atoms with E-state index in [0.29, 0.717) is 18.9 Å². The summed E-state index contributed by atoms with van der Waals surface area (Å²) in [6.45, 7) is 6.06. The van der Waals surface area contributed by atoms with E-state index >= 15 is 0 Å². The molecule has 0 spiro atoms. The van der Waals surface area contributed by atoms with Crippen LogP contribution in [0.25, 0.3) is 0 Å². The van der Waals surface area contributed by atoms with E-state index in [1.165, 1.54) is 5.56 Å². The van der Waals surface area contributed by atoms with Gasteiger partial charge in [0.05, 0.1) is 12.8 Å². The molecule has 0 saturated heterocycles. The monoisotopic (exact) mass is 371 g/mol. The molecule has 0 bridgehead atoms. The molecule has 5 nitrogen and oxygen atoms in total. The highest BCUT2D eigenvalue weighted by atomic mass is 16.5.